The van der Waals surface area contributed by atoms with E-state index in [0.717, 1.165) is 60.9 Å². The molecule has 12 heteroatoms. The van der Waals surface area contributed by atoms with Crippen LogP contribution in [0.4, 0.5) is 0 Å². The molecule has 5 N–H and O–H groups in total. The Kier molecular flexibility index (Phi) is 11.0. The molecule has 3 fully saturated rings. The molecule has 5 atom stereocenters. The molecule has 3 aliphatic heterocycles. The highest BCUT2D eigenvalue weighted by Crippen LogP contribution is 2.25. The highest BCUT2D eigenvalue weighted by molar-refractivity contribution is 5.95. The molecule has 262 valence electrons. The Morgan fingerprint density at radius 1 is 0.878 bits per heavy atom. The summed E-state index contributed by atoms with van der Waals surface area (Å²) in [6.45, 7) is 7.04. The van der Waals surface area contributed by atoms with Crippen molar-refractivity contribution >= 4 is 34.5 Å². The van der Waals surface area contributed by atoms with Crippen LogP contribution in [0.2, 0.25) is 0 Å². The molecule has 4 heterocycles. The van der Waals surface area contributed by atoms with Crippen molar-refractivity contribution in [1.82, 2.24) is 35.6 Å². The Morgan fingerprint density at radius 3 is 2.37 bits per heavy atom. The lowest BCUT2D eigenvalue weighted by Gasteiger charge is -2.40. The van der Waals surface area contributed by atoms with E-state index in [1.165, 1.54) is 4.90 Å². The van der Waals surface area contributed by atoms with Crippen LogP contribution in [0.15, 0.2) is 60.8 Å². The molecule has 0 spiro atoms. The summed E-state index contributed by atoms with van der Waals surface area (Å²) >= 11 is 0. The second-order valence-corrected chi connectivity index (χ2v) is 13.8. The van der Waals surface area contributed by atoms with E-state index >= 15 is 0 Å². The number of nitrogens with zero attached hydrogens (tertiary/aromatic N) is 3. The van der Waals surface area contributed by atoms with Crippen LogP contribution in [-0.2, 0) is 25.6 Å². The van der Waals surface area contributed by atoms with E-state index in [9.17, 15) is 24.3 Å². The number of fused-ring (bicyclic) bond motifs is 2. The maximum absolute atomic E-state index is 14.3. The van der Waals surface area contributed by atoms with Crippen LogP contribution in [0, 0.1) is 0 Å². The molecule has 3 saturated heterocycles. The number of aliphatic hydroxyl groups excluding tert-OH is 1. The molecule has 1 aromatic heterocycles. The maximum atomic E-state index is 14.3. The van der Waals surface area contributed by atoms with E-state index in [1.54, 1.807) is 6.92 Å². The fourth-order valence-corrected chi connectivity index (χ4v) is 7.64. The van der Waals surface area contributed by atoms with Crippen LogP contribution in [0.3, 0.4) is 0 Å². The Bertz CT molecular complexity index is 1620. The van der Waals surface area contributed by atoms with Crippen LogP contribution in [0.1, 0.15) is 56.7 Å². The van der Waals surface area contributed by atoms with Crippen LogP contribution in [-0.4, -0.2) is 118 Å². The van der Waals surface area contributed by atoms with Gasteiger partial charge < -0.3 is 35.8 Å². The van der Waals surface area contributed by atoms with Gasteiger partial charge in [-0.15, -0.1) is 0 Å². The topological polar surface area (TPSA) is 150 Å². The van der Waals surface area contributed by atoms with Crippen molar-refractivity contribution in [2.24, 2.45) is 0 Å². The normalized spacial score (nSPS) is 27.2. The van der Waals surface area contributed by atoms with Crippen molar-refractivity contribution in [2.75, 3.05) is 39.3 Å². The highest BCUT2D eigenvalue weighted by atomic mass is 16.3. The van der Waals surface area contributed by atoms with E-state index in [2.05, 4.69) is 37.7 Å². The van der Waals surface area contributed by atoms with Gasteiger partial charge in [0.1, 0.15) is 18.1 Å². The quantitative estimate of drug-likeness (QED) is 0.268. The first-order valence-electron chi connectivity index (χ1n) is 17.6. The van der Waals surface area contributed by atoms with Gasteiger partial charge >= 0.3 is 0 Å². The maximum Gasteiger partial charge on any atom is 0.246 e. The van der Waals surface area contributed by atoms with E-state index in [1.807, 2.05) is 60.8 Å². The average molecular weight is 672 g/mol. The number of aromatic amines is 1. The SMILES string of the molecule is CCCN1CCC(N2CC(=O)N[C@H](Cc3c[nH]c4ccccc34)C(=O)N3C[C@H](O)C[C@H]3C(=O)N[C@@H](C)C(=O)N[C@H](c3ccccc3)C2)CC1. The molecule has 4 amide bonds. The van der Waals surface area contributed by atoms with Gasteiger partial charge in [-0.05, 0) is 63.0 Å². The van der Waals surface area contributed by atoms with Crippen molar-refractivity contribution in [2.45, 2.75) is 82.3 Å². The lowest BCUT2D eigenvalue weighted by molar-refractivity contribution is -0.142. The van der Waals surface area contributed by atoms with Gasteiger partial charge in [-0.1, -0.05) is 55.5 Å². The van der Waals surface area contributed by atoms with Crippen molar-refractivity contribution < 1.29 is 24.3 Å². The van der Waals surface area contributed by atoms with Crippen molar-refractivity contribution in [1.29, 1.82) is 0 Å². The highest BCUT2D eigenvalue weighted by Gasteiger charge is 2.43. The van der Waals surface area contributed by atoms with E-state index in [0.29, 0.717) is 6.54 Å². The number of aliphatic hydroxyl groups is 1. The number of piperidine rings is 1. The second kappa shape index (κ2) is 15.5. The summed E-state index contributed by atoms with van der Waals surface area (Å²) in [6, 6.07) is 14.2. The number of H-pyrrole nitrogens is 1. The number of aromatic nitrogens is 1. The molecule has 2 aromatic carbocycles. The van der Waals surface area contributed by atoms with E-state index < -0.39 is 42.1 Å². The van der Waals surface area contributed by atoms with Crippen LogP contribution < -0.4 is 16.0 Å². The molecular formula is C37H49N7O5. The van der Waals surface area contributed by atoms with Gasteiger partial charge in [0.2, 0.25) is 23.6 Å². The molecule has 0 saturated carbocycles. The van der Waals surface area contributed by atoms with Gasteiger partial charge in [0.25, 0.3) is 0 Å². The minimum Gasteiger partial charge on any atom is -0.391 e. The molecule has 12 nitrogen and oxygen atoms in total. The standard InChI is InChI=1S/C37H49N7O5/c1-3-15-42-16-13-27(14-17-42)43-22-32(25-9-5-4-6-10-25)41-35(47)24(2)39-36(48)33-19-28(45)21-44(33)37(49)31(40-34(46)23-43)18-26-20-38-30-12-8-7-11-29(26)30/h4-12,20,24,27-28,31-33,38,45H,3,13-19,21-23H2,1-2H3,(H,39,48)(H,40,46)(H,41,47)/t24-,28+,31+,32-,33-/m0/s1. The Balaban J connectivity index is 1.35. The molecule has 6 rings (SSSR count). The summed E-state index contributed by atoms with van der Waals surface area (Å²) in [7, 11) is 0. The summed E-state index contributed by atoms with van der Waals surface area (Å²) in [6.07, 6.45) is 4.01. The summed E-state index contributed by atoms with van der Waals surface area (Å²) < 4.78 is 0. The summed E-state index contributed by atoms with van der Waals surface area (Å²) in [5.74, 6) is -1.63. The fraction of sp³-hybridized carbons (Fsp3) is 0.514. The third-order valence-corrected chi connectivity index (χ3v) is 10.2. The number of amides is 4. The zero-order valence-electron chi connectivity index (χ0n) is 28.4. The van der Waals surface area contributed by atoms with Gasteiger partial charge in [-0.2, -0.15) is 0 Å². The molecule has 0 radical (unpaired) electrons. The predicted molar refractivity (Wildman–Crippen MR) is 186 cm³/mol. The zero-order valence-corrected chi connectivity index (χ0v) is 28.4. The van der Waals surface area contributed by atoms with Crippen LogP contribution >= 0.6 is 0 Å². The molecule has 49 heavy (non-hydrogen) atoms. The second-order valence-electron chi connectivity index (χ2n) is 13.8. The first-order chi connectivity index (χ1) is 23.7. The van der Waals surface area contributed by atoms with E-state index in [-0.39, 0.29) is 43.8 Å². The van der Waals surface area contributed by atoms with Crippen molar-refractivity contribution in [3.63, 3.8) is 0 Å². The predicted octanol–water partition coefficient (Wildman–Crippen LogP) is 1.71. The first-order valence-corrected chi connectivity index (χ1v) is 17.6. The van der Waals surface area contributed by atoms with Gasteiger partial charge in [0.05, 0.1) is 18.7 Å². The third-order valence-electron chi connectivity index (χ3n) is 10.2. The van der Waals surface area contributed by atoms with Gasteiger partial charge in [-0.25, -0.2) is 0 Å². The number of para-hydroxylation sites is 1. The number of carbonyl (C=O) groups is 4. The molecular weight excluding hydrogens is 622 g/mol. The lowest BCUT2D eigenvalue weighted by Crippen LogP contribution is -2.56. The molecule has 0 bridgehead atoms. The smallest absolute Gasteiger partial charge is 0.246 e. The fourth-order valence-electron chi connectivity index (χ4n) is 7.64. The number of hydrogen-bond acceptors (Lipinski definition) is 7. The zero-order chi connectivity index (χ0) is 34.5. The molecule has 0 unspecified atom stereocenters. The minimum absolute atomic E-state index is 0.0358. The van der Waals surface area contributed by atoms with Crippen LogP contribution in [0.25, 0.3) is 10.9 Å². The van der Waals surface area contributed by atoms with Crippen molar-refractivity contribution in [3.05, 3.63) is 71.9 Å². The van der Waals surface area contributed by atoms with Gasteiger partial charge in [-0.3, -0.25) is 24.1 Å². The number of likely N-dealkylation sites (tertiary alicyclic amines) is 1. The molecule has 3 aliphatic rings. The molecule has 3 aromatic rings. The van der Waals surface area contributed by atoms with Crippen molar-refractivity contribution in [3.8, 4) is 0 Å². The average Bonchev–Trinajstić information content (AvgIpc) is 3.70. The number of carbonyl (C=O) groups excluding carboxylic acids is 4. The Labute approximate surface area is 287 Å². The summed E-state index contributed by atoms with van der Waals surface area (Å²) in [5.41, 5.74) is 2.67. The third kappa shape index (κ3) is 8.14. The minimum atomic E-state index is -0.986. The largest absolute Gasteiger partial charge is 0.391 e. The number of rotatable bonds is 6. The Morgan fingerprint density at radius 2 is 1.61 bits per heavy atom. The van der Waals surface area contributed by atoms with E-state index in [4.69, 9.17) is 0 Å². The molecule has 0 aliphatic carbocycles. The Hall–Kier alpha value is -4.26. The van der Waals surface area contributed by atoms with Gasteiger partial charge in [0, 0.05) is 49.1 Å². The summed E-state index contributed by atoms with van der Waals surface area (Å²) in [4.78, 5) is 64.9. The monoisotopic (exact) mass is 671 g/mol. The summed E-state index contributed by atoms with van der Waals surface area (Å²) in [5, 5.41) is 20.6. The number of nitrogens with one attached hydrogen (secondary N) is 4. The number of hydrogen-bond donors (Lipinski definition) is 5. The number of benzene rings is 2. The van der Waals surface area contributed by atoms with Gasteiger partial charge in [0.15, 0.2) is 0 Å². The van der Waals surface area contributed by atoms with Crippen LogP contribution in [0.5, 0.6) is 0 Å². The lowest BCUT2D eigenvalue weighted by atomic mass is 9.99. The first kappa shape index (κ1) is 34.6.